The van der Waals surface area contributed by atoms with Crippen LogP contribution in [0.1, 0.15) is 5.56 Å². The zero-order chi connectivity index (χ0) is 14.7. The molecule has 0 spiro atoms. The maximum Gasteiger partial charge on any atom is 0.284 e. The molecule has 0 aliphatic carbocycles. The van der Waals surface area contributed by atoms with Gasteiger partial charge >= 0.3 is 0 Å². The predicted molar refractivity (Wildman–Crippen MR) is 80.1 cm³/mol. The Hall–Kier alpha value is -3.15. The third-order valence-electron chi connectivity index (χ3n) is 2.79. The van der Waals surface area contributed by atoms with Gasteiger partial charge in [-0.3, -0.25) is 14.9 Å². The van der Waals surface area contributed by atoms with Crippen LogP contribution in [0.25, 0.3) is 6.08 Å². The van der Waals surface area contributed by atoms with Gasteiger partial charge in [-0.05, 0) is 17.7 Å². The Morgan fingerprint density at radius 1 is 1.14 bits per heavy atom. The molecule has 21 heavy (non-hydrogen) atoms. The van der Waals surface area contributed by atoms with Crippen LogP contribution >= 0.6 is 0 Å². The van der Waals surface area contributed by atoms with E-state index in [1.54, 1.807) is 12.2 Å². The molecule has 2 heterocycles. The van der Waals surface area contributed by atoms with E-state index in [0.717, 1.165) is 5.56 Å². The first kappa shape index (κ1) is 12.9. The number of allylic oxidation sites excluding steroid dienone is 1. The lowest BCUT2D eigenvalue weighted by molar-refractivity contribution is -0.115. The van der Waals surface area contributed by atoms with Gasteiger partial charge in [0.25, 0.3) is 11.8 Å². The summed E-state index contributed by atoms with van der Waals surface area (Å²) in [7, 11) is 0. The lowest BCUT2D eigenvalue weighted by atomic mass is 10.2. The molecule has 2 aliphatic heterocycles. The van der Waals surface area contributed by atoms with Crippen LogP contribution in [-0.4, -0.2) is 29.8 Å². The summed E-state index contributed by atoms with van der Waals surface area (Å²) in [6, 6.07) is 9.38. The van der Waals surface area contributed by atoms with E-state index in [1.165, 1.54) is 12.3 Å². The highest BCUT2D eigenvalue weighted by Gasteiger charge is 2.24. The molecular formula is C15H10N4O2. The van der Waals surface area contributed by atoms with Crippen molar-refractivity contribution in [3.05, 3.63) is 53.6 Å². The largest absolute Gasteiger partial charge is 0.291 e. The number of aliphatic imine (C=N–C) groups is 3. The molecule has 2 aliphatic rings. The first-order chi connectivity index (χ1) is 10.2. The molecule has 0 fully saturated rings. The fraction of sp³-hybridized carbons (Fsp3) is 0. The molecule has 0 bridgehead atoms. The van der Waals surface area contributed by atoms with Crippen molar-refractivity contribution in [1.82, 2.24) is 5.32 Å². The highest BCUT2D eigenvalue weighted by atomic mass is 16.2. The number of hydrogen-bond donors (Lipinski definition) is 1. The summed E-state index contributed by atoms with van der Waals surface area (Å²) in [4.78, 5) is 35.1. The fourth-order valence-corrected chi connectivity index (χ4v) is 1.81. The van der Waals surface area contributed by atoms with Crippen LogP contribution in [0, 0.1) is 0 Å². The van der Waals surface area contributed by atoms with Gasteiger partial charge in [0, 0.05) is 12.3 Å². The second kappa shape index (κ2) is 5.46. The summed E-state index contributed by atoms with van der Waals surface area (Å²) in [5, 5.41) is 2.45. The van der Waals surface area contributed by atoms with Crippen LogP contribution in [0.15, 0.2) is 63.0 Å². The number of amides is 2. The zero-order valence-electron chi connectivity index (χ0n) is 10.9. The average Bonchev–Trinajstić information content (AvgIpc) is 2.95. The molecule has 102 valence electrons. The third kappa shape index (κ3) is 2.89. The SMILES string of the molecule is O=C(/C=C/c1ccccc1)NC1=NC(=O)C2=CC=NC2=N1. The number of nitrogens with one attached hydrogen (secondary N) is 1. The van der Waals surface area contributed by atoms with Crippen molar-refractivity contribution in [1.29, 1.82) is 0 Å². The molecule has 0 atom stereocenters. The van der Waals surface area contributed by atoms with Crippen molar-refractivity contribution < 1.29 is 9.59 Å². The summed E-state index contributed by atoms with van der Waals surface area (Å²) < 4.78 is 0. The van der Waals surface area contributed by atoms with E-state index in [2.05, 4.69) is 20.3 Å². The van der Waals surface area contributed by atoms with Crippen molar-refractivity contribution in [2.24, 2.45) is 15.0 Å². The Morgan fingerprint density at radius 3 is 2.76 bits per heavy atom. The number of nitrogens with zero attached hydrogens (tertiary/aromatic N) is 3. The number of carbonyl (C=O) groups is 2. The standard InChI is InChI=1S/C15H10N4O2/c20-12(7-6-10-4-2-1-3-5-10)17-15-18-13-11(8-9-16-13)14(21)19-15/h1-9H,(H,17,19,20,21)/b7-6+. The minimum absolute atomic E-state index is 0.0473. The first-order valence-corrected chi connectivity index (χ1v) is 6.23. The Bertz CT molecular complexity index is 755. The topological polar surface area (TPSA) is 83.2 Å². The van der Waals surface area contributed by atoms with Crippen LogP contribution in [0.3, 0.4) is 0 Å². The van der Waals surface area contributed by atoms with Crippen molar-refractivity contribution >= 4 is 35.9 Å². The lowest BCUT2D eigenvalue weighted by Crippen LogP contribution is -2.32. The second-order valence-corrected chi connectivity index (χ2v) is 4.27. The number of benzene rings is 1. The number of fused-ring (bicyclic) bond motifs is 1. The molecule has 0 saturated heterocycles. The van der Waals surface area contributed by atoms with Crippen LogP contribution in [0.2, 0.25) is 0 Å². The fourth-order valence-electron chi connectivity index (χ4n) is 1.81. The van der Waals surface area contributed by atoms with E-state index >= 15 is 0 Å². The van der Waals surface area contributed by atoms with Gasteiger partial charge in [0.1, 0.15) is 0 Å². The van der Waals surface area contributed by atoms with Crippen LogP contribution in [0.5, 0.6) is 0 Å². The molecule has 6 nitrogen and oxygen atoms in total. The summed E-state index contributed by atoms with van der Waals surface area (Å²) in [5.41, 5.74) is 1.24. The Kier molecular flexibility index (Phi) is 3.34. The van der Waals surface area contributed by atoms with Crippen molar-refractivity contribution in [3.8, 4) is 0 Å². The predicted octanol–water partition coefficient (Wildman–Crippen LogP) is 1.12. The third-order valence-corrected chi connectivity index (χ3v) is 2.79. The number of hydrogen-bond acceptors (Lipinski definition) is 4. The van der Waals surface area contributed by atoms with Crippen molar-refractivity contribution in [2.45, 2.75) is 0 Å². The summed E-state index contributed by atoms with van der Waals surface area (Å²) >= 11 is 0. The molecule has 2 amide bonds. The maximum atomic E-state index is 11.8. The monoisotopic (exact) mass is 278 g/mol. The minimum atomic E-state index is -0.458. The molecule has 3 rings (SSSR count). The van der Waals surface area contributed by atoms with Crippen molar-refractivity contribution in [3.63, 3.8) is 0 Å². The zero-order valence-corrected chi connectivity index (χ0v) is 10.9. The molecule has 0 aromatic heterocycles. The first-order valence-electron chi connectivity index (χ1n) is 6.23. The second-order valence-electron chi connectivity index (χ2n) is 4.27. The summed E-state index contributed by atoms with van der Waals surface area (Å²) in [5.74, 6) is -0.643. The maximum absolute atomic E-state index is 11.8. The van der Waals surface area contributed by atoms with E-state index < -0.39 is 11.8 Å². The van der Waals surface area contributed by atoms with E-state index in [-0.39, 0.29) is 11.8 Å². The smallest absolute Gasteiger partial charge is 0.284 e. The Morgan fingerprint density at radius 2 is 1.95 bits per heavy atom. The molecule has 0 unspecified atom stereocenters. The quantitative estimate of drug-likeness (QED) is 0.822. The van der Waals surface area contributed by atoms with Gasteiger partial charge in [-0.25, -0.2) is 4.99 Å². The summed E-state index contributed by atoms with van der Waals surface area (Å²) in [6.07, 6.45) is 6.03. The van der Waals surface area contributed by atoms with Gasteiger partial charge in [0.15, 0.2) is 5.84 Å². The molecule has 6 heteroatoms. The van der Waals surface area contributed by atoms with E-state index in [9.17, 15) is 9.59 Å². The number of guanidine groups is 1. The van der Waals surface area contributed by atoms with E-state index in [4.69, 9.17) is 0 Å². The van der Waals surface area contributed by atoms with E-state index in [0.29, 0.717) is 5.57 Å². The van der Waals surface area contributed by atoms with Gasteiger partial charge in [-0.15, -0.1) is 0 Å². The Balaban J connectivity index is 1.69. The van der Waals surface area contributed by atoms with Crippen LogP contribution < -0.4 is 5.32 Å². The van der Waals surface area contributed by atoms with Crippen LogP contribution in [-0.2, 0) is 9.59 Å². The number of amidine groups is 1. The van der Waals surface area contributed by atoms with Gasteiger partial charge < -0.3 is 0 Å². The molecule has 0 saturated carbocycles. The number of rotatable bonds is 2. The van der Waals surface area contributed by atoms with Crippen LogP contribution in [0.4, 0.5) is 0 Å². The molecular weight excluding hydrogens is 268 g/mol. The molecule has 1 aromatic rings. The molecule has 0 radical (unpaired) electrons. The highest BCUT2D eigenvalue weighted by molar-refractivity contribution is 6.33. The van der Waals surface area contributed by atoms with Gasteiger partial charge in [0.05, 0.1) is 5.57 Å². The number of carbonyl (C=O) groups excluding carboxylic acids is 2. The minimum Gasteiger partial charge on any atom is -0.291 e. The average molecular weight is 278 g/mol. The normalized spacial score (nSPS) is 16.4. The lowest BCUT2D eigenvalue weighted by Gasteiger charge is -2.08. The molecule has 1 N–H and O–H groups in total. The van der Waals surface area contributed by atoms with Crippen molar-refractivity contribution in [2.75, 3.05) is 0 Å². The van der Waals surface area contributed by atoms with E-state index in [1.807, 2.05) is 30.3 Å². The Labute approximate surface area is 120 Å². The van der Waals surface area contributed by atoms with Gasteiger partial charge in [0.2, 0.25) is 5.96 Å². The highest BCUT2D eigenvalue weighted by Crippen LogP contribution is 2.12. The molecule has 1 aromatic carbocycles. The van der Waals surface area contributed by atoms with Gasteiger partial charge in [-0.1, -0.05) is 30.3 Å². The van der Waals surface area contributed by atoms with Gasteiger partial charge in [-0.2, -0.15) is 9.98 Å². The summed E-state index contributed by atoms with van der Waals surface area (Å²) in [6.45, 7) is 0.